The highest BCUT2D eigenvalue weighted by Crippen LogP contribution is 2.42. The Bertz CT molecular complexity index is 662. The minimum atomic E-state index is 0.398. The monoisotopic (exact) mass is 338 g/mol. The van der Waals surface area contributed by atoms with Crippen molar-refractivity contribution in [1.82, 2.24) is 9.78 Å². The van der Waals surface area contributed by atoms with E-state index < -0.39 is 0 Å². The predicted octanol–water partition coefficient (Wildman–Crippen LogP) is 4.29. The van der Waals surface area contributed by atoms with Crippen molar-refractivity contribution < 1.29 is 4.79 Å². The van der Waals surface area contributed by atoms with Gasteiger partial charge >= 0.3 is 0 Å². The number of aryl methyl sites for hydroxylation is 1. The lowest BCUT2D eigenvalue weighted by Crippen LogP contribution is -1.99. The highest BCUT2D eigenvalue weighted by Gasteiger charge is 2.31. The minimum Gasteiger partial charge on any atom is -0.298 e. The average molecular weight is 340 g/mol. The summed E-state index contributed by atoms with van der Waals surface area (Å²) in [5, 5.41) is 4.95. The van der Waals surface area contributed by atoms with E-state index in [1.54, 1.807) is 4.68 Å². The Balaban J connectivity index is 2.17. The SMILES string of the molecule is Cc1cc(Br)ccc1-n1nc(C2CC2)c(C=O)c1Cl. The maximum Gasteiger partial charge on any atom is 0.155 e. The Morgan fingerprint density at radius 1 is 1.47 bits per heavy atom. The van der Waals surface area contributed by atoms with Gasteiger partial charge in [-0.05, 0) is 43.5 Å². The molecule has 1 fully saturated rings. The summed E-state index contributed by atoms with van der Waals surface area (Å²) in [5.41, 5.74) is 3.33. The zero-order valence-corrected chi connectivity index (χ0v) is 12.7. The number of rotatable bonds is 3. The third-order valence-electron chi connectivity index (χ3n) is 3.36. The van der Waals surface area contributed by atoms with Crippen molar-refractivity contribution in [3.8, 4) is 5.69 Å². The highest BCUT2D eigenvalue weighted by molar-refractivity contribution is 9.10. The van der Waals surface area contributed by atoms with Crippen LogP contribution in [0.1, 0.15) is 40.4 Å². The van der Waals surface area contributed by atoms with Crippen LogP contribution >= 0.6 is 27.5 Å². The van der Waals surface area contributed by atoms with Crippen LogP contribution in [0.15, 0.2) is 22.7 Å². The first kappa shape index (κ1) is 12.9. The molecule has 1 aliphatic carbocycles. The smallest absolute Gasteiger partial charge is 0.155 e. The minimum absolute atomic E-state index is 0.398. The van der Waals surface area contributed by atoms with Crippen molar-refractivity contribution in [2.24, 2.45) is 0 Å². The van der Waals surface area contributed by atoms with Gasteiger partial charge in [0.25, 0.3) is 0 Å². The number of halogens is 2. The molecular weight excluding hydrogens is 328 g/mol. The second kappa shape index (κ2) is 4.76. The van der Waals surface area contributed by atoms with E-state index in [2.05, 4.69) is 21.0 Å². The van der Waals surface area contributed by atoms with Crippen LogP contribution in [0.5, 0.6) is 0 Å². The molecule has 0 radical (unpaired) electrons. The Kier molecular flexibility index (Phi) is 3.23. The molecule has 0 saturated heterocycles. The van der Waals surface area contributed by atoms with Gasteiger partial charge in [-0.3, -0.25) is 4.79 Å². The summed E-state index contributed by atoms with van der Waals surface area (Å²) in [7, 11) is 0. The molecule has 3 rings (SSSR count). The van der Waals surface area contributed by atoms with Crippen LogP contribution in [0.3, 0.4) is 0 Å². The molecule has 1 saturated carbocycles. The van der Waals surface area contributed by atoms with Gasteiger partial charge in [-0.1, -0.05) is 27.5 Å². The molecule has 3 nitrogen and oxygen atoms in total. The van der Waals surface area contributed by atoms with Crippen LogP contribution in [0.4, 0.5) is 0 Å². The zero-order valence-electron chi connectivity index (χ0n) is 10.4. The molecule has 98 valence electrons. The Morgan fingerprint density at radius 3 is 2.79 bits per heavy atom. The number of carbonyl (C=O) groups excluding carboxylic acids is 1. The number of aldehydes is 1. The standard InChI is InChI=1S/C14H12BrClN2O/c1-8-6-10(15)4-5-12(8)18-14(16)11(7-19)13(17-18)9-2-3-9/h4-7,9H,2-3H2,1H3. The van der Waals surface area contributed by atoms with Crippen molar-refractivity contribution in [1.29, 1.82) is 0 Å². The molecule has 0 N–H and O–H groups in total. The molecule has 1 heterocycles. The largest absolute Gasteiger partial charge is 0.298 e. The topological polar surface area (TPSA) is 34.9 Å². The van der Waals surface area contributed by atoms with Crippen molar-refractivity contribution in [2.45, 2.75) is 25.7 Å². The maximum absolute atomic E-state index is 11.2. The molecule has 0 spiro atoms. The molecule has 19 heavy (non-hydrogen) atoms. The predicted molar refractivity (Wildman–Crippen MR) is 78.4 cm³/mol. The first-order valence-corrected chi connectivity index (χ1v) is 7.29. The summed E-state index contributed by atoms with van der Waals surface area (Å²) < 4.78 is 2.68. The maximum atomic E-state index is 11.2. The summed E-state index contributed by atoms with van der Waals surface area (Å²) >= 11 is 9.74. The third kappa shape index (κ3) is 2.23. The van der Waals surface area contributed by atoms with Gasteiger partial charge in [0.05, 0.1) is 16.9 Å². The van der Waals surface area contributed by atoms with Crippen molar-refractivity contribution in [2.75, 3.05) is 0 Å². The summed E-state index contributed by atoms with van der Waals surface area (Å²) in [6.07, 6.45) is 2.99. The Labute approximate surface area is 124 Å². The van der Waals surface area contributed by atoms with Crippen molar-refractivity contribution in [3.63, 3.8) is 0 Å². The molecule has 1 aliphatic rings. The molecule has 0 amide bonds. The number of hydrogen-bond donors (Lipinski definition) is 0. The summed E-state index contributed by atoms with van der Waals surface area (Å²) in [4.78, 5) is 11.2. The van der Waals surface area contributed by atoms with Gasteiger partial charge in [0, 0.05) is 10.4 Å². The average Bonchev–Trinajstić information content (AvgIpc) is 3.15. The summed E-state index contributed by atoms with van der Waals surface area (Å²) in [5.74, 6) is 0.398. The van der Waals surface area contributed by atoms with E-state index in [0.29, 0.717) is 16.6 Å². The normalized spacial score (nSPS) is 14.7. The van der Waals surface area contributed by atoms with Gasteiger partial charge in [0.15, 0.2) is 6.29 Å². The molecular formula is C14H12BrClN2O. The van der Waals surface area contributed by atoms with E-state index in [4.69, 9.17) is 11.6 Å². The molecule has 1 aromatic heterocycles. The third-order valence-corrected chi connectivity index (χ3v) is 4.22. The lowest BCUT2D eigenvalue weighted by atomic mass is 10.2. The molecule has 2 aromatic rings. The second-order valence-electron chi connectivity index (χ2n) is 4.82. The van der Waals surface area contributed by atoms with E-state index >= 15 is 0 Å². The van der Waals surface area contributed by atoms with E-state index in [0.717, 1.165) is 40.5 Å². The molecule has 1 aromatic carbocycles. The fraction of sp³-hybridized carbons (Fsp3) is 0.286. The van der Waals surface area contributed by atoms with Crippen LogP contribution in [-0.4, -0.2) is 16.1 Å². The summed E-state index contributed by atoms with van der Waals surface area (Å²) in [6.45, 7) is 2.00. The summed E-state index contributed by atoms with van der Waals surface area (Å²) in [6, 6.07) is 5.89. The van der Waals surface area contributed by atoms with Crippen LogP contribution in [0, 0.1) is 6.92 Å². The number of aromatic nitrogens is 2. The van der Waals surface area contributed by atoms with E-state index in [9.17, 15) is 4.79 Å². The number of benzene rings is 1. The van der Waals surface area contributed by atoms with Crippen molar-refractivity contribution in [3.05, 3.63) is 44.6 Å². The van der Waals surface area contributed by atoms with E-state index in [1.807, 2.05) is 25.1 Å². The van der Waals surface area contributed by atoms with Gasteiger partial charge in [0.2, 0.25) is 0 Å². The Morgan fingerprint density at radius 2 is 2.21 bits per heavy atom. The van der Waals surface area contributed by atoms with Crippen LogP contribution in [0.25, 0.3) is 5.69 Å². The molecule has 0 bridgehead atoms. The lowest BCUT2D eigenvalue weighted by Gasteiger charge is -2.07. The highest BCUT2D eigenvalue weighted by atomic mass is 79.9. The first-order valence-electron chi connectivity index (χ1n) is 6.12. The van der Waals surface area contributed by atoms with Gasteiger partial charge in [-0.15, -0.1) is 0 Å². The van der Waals surface area contributed by atoms with Gasteiger partial charge in [-0.2, -0.15) is 5.10 Å². The van der Waals surface area contributed by atoms with Crippen LogP contribution in [0.2, 0.25) is 5.15 Å². The first-order chi connectivity index (χ1) is 9.11. The van der Waals surface area contributed by atoms with Crippen LogP contribution in [-0.2, 0) is 0 Å². The van der Waals surface area contributed by atoms with Crippen molar-refractivity contribution >= 4 is 33.8 Å². The van der Waals surface area contributed by atoms with Gasteiger partial charge < -0.3 is 0 Å². The number of nitrogens with zero attached hydrogens (tertiary/aromatic N) is 2. The van der Waals surface area contributed by atoms with Crippen LogP contribution < -0.4 is 0 Å². The molecule has 0 unspecified atom stereocenters. The quantitative estimate of drug-likeness (QED) is 0.782. The lowest BCUT2D eigenvalue weighted by molar-refractivity contribution is 0.112. The second-order valence-corrected chi connectivity index (χ2v) is 6.10. The van der Waals surface area contributed by atoms with Gasteiger partial charge in [-0.25, -0.2) is 4.68 Å². The van der Waals surface area contributed by atoms with E-state index in [-0.39, 0.29) is 0 Å². The molecule has 5 heteroatoms. The Hall–Kier alpha value is -1.13. The van der Waals surface area contributed by atoms with Gasteiger partial charge in [0.1, 0.15) is 5.15 Å². The number of carbonyl (C=O) groups is 1. The fourth-order valence-electron chi connectivity index (χ4n) is 2.21. The number of hydrogen-bond acceptors (Lipinski definition) is 2. The fourth-order valence-corrected chi connectivity index (χ4v) is 2.95. The zero-order chi connectivity index (χ0) is 13.6. The molecule has 0 atom stereocenters. The molecule has 0 aliphatic heterocycles. The van der Waals surface area contributed by atoms with E-state index in [1.165, 1.54) is 0 Å².